The molecule has 0 bridgehead atoms. The van der Waals surface area contributed by atoms with Crippen molar-refractivity contribution in [3.8, 4) is 0 Å². The predicted molar refractivity (Wildman–Crippen MR) is 94.5 cm³/mol. The molecular formula is C19H13ClN2O2. The number of nitrogens with zero attached hydrogens (tertiary/aromatic N) is 1. The minimum atomic E-state index is -0.337. The second-order valence-electron chi connectivity index (χ2n) is 5.49. The first-order valence-corrected chi connectivity index (χ1v) is 7.89. The Labute approximate surface area is 143 Å². The van der Waals surface area contributed by atoms with Crippen LogP contribution in [-0.4, -0.2) is 11.6 Å². The number of benzene rings is 2. The van der Waals surface area contributed by atoms with Crippen molar-refractivity contribution in [3.63, 3.8) is 0 Å². The molecule has 1 N–H and O–H groups in total. The molecule has 1 aliphatic rings. The van der Waals surface area contributed by atoms with Gasteiger partial charge in [-0.25, -0.2) is 0 Å². The van der Waals surface area contributed by atoms with Crippen LogP contribution in [0.3, 0.4) is 0 Å². The highest BCUT2D eigenvalue weighted by Crippen LogP contribution is 2.31. The fraction of sp³-hybridized carbons (Fsp3) is 0.0526. The van der Waals surface area contributed by atoms with E-state index in [1.807, 2.05) is 30.3 Å². The summed E-state index contributed by atoms with van der Waals surface area (Å²) in [4.78, 5) is 16.8. The molecule has 0 saturated heterocycles. The first-order valence-electron chi connectivity index (χ1n) is 7.51. The summed E-state index contributed by atoms with van der Waals surface area (Å²) in [6.45, 7) is 0. The van der Waals surface area contributed by atoms with Crippen LogP contribution in [0.5, 0.6) is 0 Å². The van der Waals surface area contributed by atoms with Crippen LogP contribution in [-0.2, 0) is 6.42 Å². The smallest absolute Gasteiger partial charge is 0.291 e. The normalized spacial score (nSPS) is 12.6. The van der Waals surface area contributed by atoms with E-state index in [1.165, 1.54) is 11.8 Å². The number of halogens is 1. The Balaban J connectivity index is 1.62. The number of nitrogens with one attached hydrogen (secondary N) is 1. The molecule has 0 spiro atoms. The van der Waals surface area contributed by atoms with Crippen LogP contribution >= 0.6 is 11.6 Å². The topological polar surface area (TPSA) is 54.6 Å². The fourth-order valence-electron chi connectivity index (χ4n) is 2.69. The largest absolute Gasteiger partial charge is 0.459 e. The van der Waals surface area contributed by atoms with Crippen LogP contribution in [0.1, 0.15) is 21.7 Å². The van der Waals surface area contributed by atoms with Crippen LogP contribution in [0, 0.1) is 0 Å². The minimum Gasteiger partial charge on any atom is -0.459 e. The average molecular weight is 337 g/mol. The zero-order chi connectivity index (χ0) is 16.5. The molecule has 4 rings (SSSR count). The maximum absolute atomic E-state index is 12.1. The van der Waals surface area contributed by atoms with Crippen molar-refractivity contribution in [3.05, 3.63) is 82.8 Å². The molecular weight excluding hydrogens is 324 g/mol. The lowest BCUT2D eigenvalue weighted by molar-refractivity contribution is 0.0996. The number of aliphatic imine (C=N–C) groups is 1. The Hall–Kier alpha value is -2.85. The van der Waals surface area contributed by atoms with Crippen molar-refractivity contribution in [2.24, 2.45) is 4.99 Å². The molecule has 2 heterocycles. The van der Waals surface area contributed by atoms with Crippen LogP contribution in [0.25, 0.3) is 0 Å². The second kappa shape index (κ2) is 5.98. The first-order chi connectivity index (χ1) is 11.7. The SMILES string of the molecule is O=C(Nc1cc(C2=Nc3ccccc3C2)ccc1Cl)c1ccco1. The summed E-state index contributed by atoms with van der Waals surface area (Å²) in [5.74, 6) is -0.0993. The van der Waals surface area contributed by atoms with Crippen molar-refractivity contribution >= 4 is 34.6 Å². The summed E-state index contributed by atoms with van der Waals surface area (Å²) < 4.78 is 5.10. The highest BCUT2D eigenvalue weighted by atomic mass is 35.5. The van der Waals surface area contributed by atoms with Gasteiger partial charge in [-0.1, -0.05) is 35.9 Å². The van der Waals surface area contributed by atoms with Crippen molar-refractivity contribution in [1.29, 1.82) is 0 Å². The Kier molecular flexibility index (Phi) is 3.67. The van der Waals surface area contributed by atoms with E-state index in [2.05, 4.69) is 16.4 Å². The number of carbonyl (C=O) groups excluding carboxylic acids is 1. The molecule has 1 aliphatic heterocycles. The van der Waals surface area contributed by atoms with Gasteiger partial charge in [-0.2, -0.15) is 0 Å². The third kappa shape index (κ3) is 2.72. The third-order valence-corrected chi connectivity index (χ3v) is 4.23. The lowest BCUT2D eigenvalue weighted by Crippen LogP contribution is -2.12. The summed E-state index contributed by atoms with van der Waals surface area (Å²) in [6.07, 6.45) is 2.22. The monoisotopic (exact) mass is 336 g/mol. The summed E-state index contributed by atoms with van der Waals surface area (Å²) >= 11 is 6.21. The molecule has 1 aromatic heterocycles. The molecule has 1 amide bonds. The van der Waals surface area contributed by atoms with Gasteiger partial charge in [0.2, 0.25) is 0 Å². The van der Waals surface area contributed by atoms with Crippen LogP contribution < -0.4 is 5.32 Å². The van der Waals surface area contributed by atoms with Gasteiger partial charge in [-0.15, -0.1) is 0 Å². The molecule has 0 radical (unpaired) electrons. The van der Waals surface area contributed by atoms with Crippen LogP contribution in [0.15, 0.2) is 70.3 Å². The van der Waals surface area contributed by atoms with Gasteiger partial charge in [0.1, 0.15) is 0 Å². The molecule has 4 nitrogen and oxygen atoms in total. The molecule has 0 saturated carbocycles. The van der Waals surface area contributed by atoms with Crippen molar-refractivity contribution in [2.45, 2.75) is 6.42 Å². The second-order valence-corrected chi connectivity index (χ2v) is 5.90. The number of anilines is 1. The highest BCUT2D eigenvalue weighted by Gasteiger charge is 2.17. The van der Waals surface area contributed by atoms with Gasteiger partial charge in [-0.05, 0) is 41.5 Å². The first kappa shape index (κ1) is 14.7. The summed E-state index contributed by atoms with van der Waals surface area (Å²) in [5.41, 5.74) is 4.62. The van der Waals surface area contributed by atoms with E-state index in [4.69, 9.17) is 16.0 Å². The number of fused-ring (bicyclic) bond motifs is 1. The van der Waals surface area contributed by atoms with Gasteiger partial charge < -0.3 is 9.73 Å². The van der Waals surface area contributed by atoms with Gasteiger partial charge in [0.05, 0.1) is 28.4 Å². The summed E-state index contributed by atoms with van der Waals surface area (Å²) in [5, 5.41) is 3.25. The summed E-state index contributed by atoms with van der Waals surface area (Å²) in [6, 6.07) is 16.8. The van der Waals surface area contributed by atoms with Crippen molar-refractivity contribution in [1.82, 2.24) is 0 Å². The number of carbonyl (C=O) groups is 1. The van der Waals surface area contributed by atoms with Gasteiger partial charge in [0, 0.05) is 6.42 Å². The molecule has 0 unspecified atom stereocenters. The Morgan fingerprint density at radius 2 is 2.00 bits per heavy atom. The number of hydrogen-bond donors (Lipinski definition) is 1. The van der Waals surface area contributed by atoms with Crippen molar-refractivity contribution < 1.29 is 9.21 Å². The van der Waals surface area contributed by atoms with Crippen molar-refractivity contribution in [2.75, 3.05) is 5.32 Å². The Bertz CT molecular complexity index is 946. The minimum absolute atomic E-state index is 0.238. The lowest BCUT2D eigenvalue weighted by atomic mass is 10.0. The molecule has 0 atom stereocenters. The van der Waals surface area contributed by atoms with Gasteiger partial charge >= 0.3 is 0 Å². The quantitative estimate of drug-likeness (QED) is 0.742. The average Bonchev–Trinajstić information content (AvgIpc) is 3.26. The number of furan rings is 1. The van der Waals surface area contributed by atoms with Gasteiger partial charge in [0.15, 0.2) is 5.76 Å². The number of amides is 1. The number of rotatable bonds is 3. The molecule has 2 aromatic carbocycles. The maximum atomic E-state index is 12.1. The molecule has 3 aromatic rings. The van der Waals surface area contributed by atoms with E-state index >= 15 is 0 Å². The molecule has 0 aliphatic carbocycles. The zero-order valence-corrected chi connectivity index (χ0v) is 13.4. The summed E-state index contributed by atoms with van der Waals surface area (Å²) in [7, 11) is 0. The molecule has 5 heteroatoms. The molecule has 0 fully saturated rings. The Morgan fingerprint density at radius 1 is 1.12 bits per heavy atom. The maximum Gasteiger partial charge on any atom is 0.291 e. The van der Waals surface area contributed by atoms with Gasteiger partial charge in [-0.3, -0.25) is 9.79 Å². The van der Waals surface area contributed by atoms with E-state index in [0.29, 0.717) is 10.7 Å². The Morgan fingerprint density at radius 3 is 2.79 bits per heavy atom. The predicted octanol–water partition coefficient (Wildman–Crippen LogP) is 4.86. The molecule has 118 valence electrons. The van der Waals surface area contributed by atoms with E-state index in [-0.39, 0.29) is 11.7 Å². The molecule has 24 heavy (non-hydrogen) atoms. The van der Waals surface area contributed by atoms with Gasteiger partial charge in [0.25, 0.3) is 5.91 Å². The van der Waals surface area contributed by atoms with E-state index in [0.717, 1.165) is 23.4 Å². The van der Waals surface area contributed by atoms with E-state index in [9.17, 15) is 4.79 Å². The standard InChI is InChI=1S/C19H13ClN2O2/c20-14-8-7-13(16-10-12-4-1-2-5-15(12)21-16)11-17(14)22-19(23)18-6-3-9-24-18/h1-9,11H,10H2,(H,22,23). The highest BCUT2D eigenvalue weighted by molar-refractivity contribution is 6.34. The number of para-hydroxylation sites is 1. The number of hydrogen-bond acceptors (Lipinski definition) is 3. The third-order valence-electron chi connectivity index (χ3n) is 3.90. The lowest BCUT2D eigenvalue weighted by Gasteiger charge is -2.08. The fourth-order valence-corrected chi connectivity index (χ4v) is 2.86. The van der Waals surface area contributed by atoms with E-state index in [1.54, 1.807) is 18.2 Å². The zero-order valence-electron chi connectivity index (χ0n) is 12.6. The van der Waals surface area contributed by atoms with E-state index < -0.39 is 0 Å². The van der Waals surface area contributed by atoms with Crippen LogP contribution in [0.2, 0.25) is 5.02 Å². The van der Waals surface area contributed by atoms with Crippen LogP contribution in [0.4, 0.5) is 11.4 Å².